The number of hydrogen-bond acceptors (Lipinski definition) is 2. The fourth-order valence-electron chi connectivity index (χ4n) is 8.96. The van der Waals surface area contributed by atoms with Crippen LogP contribution in [0.5, 0.6) is 0 Å². The van der Waals surface area contributed by atoms with Crippen LogP contribution in [0.3, 0.4) is 0 Å². The Hall–Kier alpha value is -7.29. The molecule has 0 amide bonds. The average Bonchev–Trinajstić information content (AvgIpc) is 3.79. The van der Waals surface area contributed by atoms with Gasteiger partial charge in [0.05, 0.1) is 16.8 Å². The van der Waals surface area contributed by atoms with Crippen molar-refractivity contribution < 1.29 is 4.42 Å². The van der Waals surface area contributed by atoms with Crippen molar-refractivity contribution in [2.24, 2.45) is 0 Å². The van der Waals surface area contributed by atoms with Crippen LogP contribution in [0.15, 0.2) is 217 Å². The van der Waals surface area contributed by atoms with E-state index in [4.69, 9.17) is 9.40 Å². The molecule has 8 aromatic carbocycles. The van der Waals surface area contributed by atoms with E-state index < -0.39 is 5.41 Å². The van der Waals surface area contributed by atoms with Crippen LogP contribution < -0.4 is 0 Å². The summed E-state index contributed by atoms with van der Waals surface area (Å²) in [5.74, 6) is 0. The summed E-state index contributed by atoms with van der Waals surface area (Å²) in [5.41, 5.74) is 17.6. The number of hydrogen-bond donors (Lipinski definition) is 0. The van der Waals surface area contributed by atoms with Crippen molar-refractivity contribution in [1.29, 1.82) is 0 Å². The van der Waals surface area contributed by atoms with E-state index in [1.165, 1.54) is 38.9 Å². The highest BCUT2D eigenvalue weighted by Gasteiger charge is 2.46. The van der Waals surface area contributed by atoms with Crippen molar-refractivity contribution in [2.45, 2.75) is 5.41 Å². The minimum absolute atomic E-state index is 0.466. The molecule has 2 heterocycles. The molecule has 0 fully saturated rings. The molecule has 2 heteroatoms. The third kappa shape index (κ3) is 5.07. The van der Waals surface area contributed by atoms with Gasteiger partial charge in [0.15, 0.2) is 0 Å². The highest BCUT2D eigenvalue weighted by Crippen LogP contribution is 2.57. The second-order valence-electron chi connectivity index (χ2n) is 14.7. The molecule has 0 atom stereocenters. The maximum Gasteiger partial charge on any atom is 0.135 e. The molecule has 0 unspecified atom stereocenters. The molecule has 0 aliphatic heterocycles. The molecular formula is C54H35NO. The summed E-state index contributed by atoms with van der Waals surface area (Å²) in [4.78, 5) is 5.15. The van der Waals surface area contributed by atoms with Gasteiger partial charge in [-0.1, -0.05) is 176 Å². The van der Waals surface area contributed by atoms with Gasteiger partial charge in [-0.05, 0) is 92.0 Å². The van der Waals surface area contributed by atoms with E-state index in [1.807, 2.05) is 6.07 Å². The lowest BCUT2D eigenvalue weighted by Gasteiger charge is -2.33. The zero-order valence-electron chi connectivity index (χ0n) is 30.6. The molecule has 0 N–H and O–H groups in total. The first-order valence-corrected chi connectivity index (χ1v) is 19.2. The van der Waals surface area contributed by atoms with Gasteiger partial charge < -0.3 is 4.42 Å². The topological polar surface area (TPSA) is 26.0 Å². The van der Waals surface area contributed by atoms with Gasteiger partial charge in [-0.15, -0.1) is 0 Å². The Morgan fingerprint density at radius 2 is 0.821 bits per heavy atom. The van der Waals surface area contributed by atoms with Gasteiger partial charge in [0.1, 0.15) is 11.2 Å². The average molecular weight is 714 g/mol. The van der Waals surface area contributed by atoms with Crippen molar-refractivity contribution in [2.75, 3.05) is 0 Å². The van der Waals surface area contributed by atoms with Crippen LogP contribution >= 0.6 is 0 Å². The molecule has 0 saturated carbocycles. The zero-order valence-corrected chi connectivity index (χ0v) is 30.6. The summed E-state index contributed by atoms with van der Waals surface area (Å²) in [6.07, 6.45) is 0. The highest BCUT2D eigenvalue weighted by molar-refractivity contribution is 6.09. The predicted octanol–water partition coefficient (Wildman–Crippen LogP) is 14.0. The van der Waals surface area contributed by atoms with E-state index in [0.29, 0.717) is 0 Å². The van der Waals surface area contributed by atoms with E-state index in [1.54, 1.807) is 0 Å². The van der Waals surface area contributed by atoms with Gasteiger partial charge in [0.2, 0.25) is 0 Å². The fraction of sp³-hybridized carbons (Fsp3) is 0.0185. The van der Waals surface area contributed by atoms with Crippen LogP contribution in [-0.4, -0.2) is 4.98 Å². The monoisotopic (exact) mass is 713 g/mol. The molecule has 1 aliphatic rings. The summed E-state index contributed by atoms with van der Waals surface area (Å²) >= 11 is 0. The zero-order chi connectivity index (χ0) is 37.1. The summed E-state index contributed by atoms with van der Waals surface area (Å²) in [7, 11) is 0. The van der Waals surface area contributed by atoms with Crippen LogP contribution in [0.25, 0.3) is 77.8 Å². The second-order valence-corrected chi connectivity index (χ2v) is 14.7. The van der Waals surface area contributed by atoms with Gasteiger partial charge in [-0.25, -0.2) is 4.98 Å². The van der Waals surface area contributed by atoms with Crippen molar-refractivity contribution in [3.05, 3.63) is 235 Å². The first kappa shape index (κ1) is 32.2. The smallest absolute Gasteiger partial charge is 0.135 e. The highest BCUT2D eigenvalue weighted by atomic mass is 16.3. The third-order valence-electron chi connectivity index (χ3n) is 11.6. The fourth-order valence-corrected chi connectivity index (χ4v) is 8.96. The minimum atomic E-state index is -0.466. The lowest BCUT2D eigenvalue weighted by atomic mass is 9.67. The third-order valence-corrected chi connectivity index (χ3v) is 11.6. The van der Waals surface area contributed by atoms with Gasteiger partial charge in [-0.2, -0.15) is 0 Å². The SMILES string of the molecule is c1ccc(-c2cc(-c3ccccc3)nc(-c3ccc(-c4ccc5oc6cc7c(cc6c5c4)-c4ccccc4C7(c4ccccc4)c4ccccc4)cc3)c2)cc1. The van der Waals surface area contributed by atoms with Crippen molar-refractivity contribution in [3.63, 3.8) is 0 Å². The molecule has 1 aliphatic carbocycles. The lowest BCUT2D eigenvalue weighted by Crippen LogP contribution is -2.28. The van der Waals surface area contributed by atoms with Crippen LogP contribution in [0.4, 0.5) is 0 Å². The van der Waals surface area contributed by atoms with Crippen molar-refractivity contribution in [1.82, 2.24) is 4.98 Å². The first-order chi connectivity index (χ1) is 27.7. The molecule has 11 rings (SSSR count). The summed E-state index contributed by atoms with van der Waals surface area (Å²) in [6, 6.07) is 76.1. The van der Waals surface area contributed by atoms with Gasteiger partial charge in [-0.3, -0.25) is 0 Å². The summed E-state index contributed by atoms with van der Waals surface area (Å²) < 4.78 is 6.70. The molecule has 2 aromatic heterocycles. The number of pyridine rings is 1. The minimum Gasteiger partial charge on any atom is -0.456 e. The molecule has 2 nitrogen and oxygen atoms in total. The Morgan fingerprint density at radius 1 is 0.321 bits per heavy atom. The van der Waals surface area contributed by atoms with Crippen molar-refractivity contribution in [3.8, 4) is 55.9 Å². The number of rotatable bonds is 6. The van der Waals surface area contributed by atoms with Gasteiger partial charge in [0, 0.05) is 21.9 Å². The molecule has 0 bridgehead atoms. The lowest BCUT2D eigenvalue weighted by molar-refractivity contribution is 0.666. The molecule has 0 radical (unpaired) electrons. The van der Waals surface area contributed by atoms with Crippen LogP contribution in [0, 0.1) is 0 Å². The maximum atomic E-state index is 6.70. The second kappa shape index (κ2) is 12.9. The molecule has 262 valence electrons. The van der Waals surface area contributed by atoms with E-state index in [2.05, 4.69) is 206 Å². The van der Waals surface area contributed by atoms with Crippen LogP contribution in [-0.2, 0) is 5.41 Å². The molecule has 10 aromatic rings. The molecule has 0 saturated heterocycles. The largest absolute Gasteiger partial charge is 0.456 e. The van der Waals surface area contributed by atoms with E-state index in [0.717, 1.165) is 61.1 Å². The Balaban J connectivity index is 1.02. The molecule has 0 spiro atoms. The number of nitrogens with zero attached hydrogens (tertiary/aromatic N) is 1. The van der Waals surface area contributed by atoms with Crippen LogP contribution in [0.2, 0.25) is 0 Å². The van der Waals surface area contributed by atoms with E-state index in [-0.39, 0.29) is 0 Å². The number of benzene rings is 8. The summed E-state index contributed by atoms with van der Waals surface area (Å²) in [6.45, 7) is 0. The van der Waals surface area contributed by atoms with Gasteiger partial charge in [0.25, 0.3) is 0 Å². The molecular weight excluding hydrogens is 679 g/mol. The van der Waals surface area contributed by atoms with Gasteiger partial charge >= 0.3 is 0 Å². The normalized spacial score (nSPS) is 12.8. The quantitative estimate of drug-likeness (QED) is 0.171. The van der Waals surface area contributed by atoms with E-state index in [9.17, 15) is 0 Å². The Labute approximate surface area is 326 Å². The number of furan rings is 1. The summed E-state index contributed by atoms with van der Waals surface area (Å²) in [5, 5.41) is 2.24. The number of fused-ring (bicyclic) bond motifs is 6. The standard InChI is InChI=1S/C54H35NO/c1-5-15-36(16-6-1)41-32-50(38-17-7-2-8-18-38)55-51(33-41)39-27-25-37(26-28-39)40-29-30-52-46(31-40)47-34-45-44-23-13-14-24-48(44)54(42-19-9-3-10-20-42,43-21-11-4-12-22-43)49(45)35-53(47)56-52/h1-35H. The van der Waals surface area contributed by atoms with Crippen LogP contribution in [0.1, 0.15) is 22.3 Å². The van der Waals surface area contributed by atoms with Crippen molar-refractivity contribution >= 4 is 21.9 Å². The Morgan fingerprint density at radius 3 is 1.48 bits per heavy atom. The Bertz CT molecular complexity index is 2940. The first-order valence-electron chi connectivity index (χ1n) is 19.2. The Kier molecular flexibility index (Phi) is 7.43. The number of aromatic nitrogens is 1. The van der Waals surface area contributed by atoms with E-state index >= 15 is 0 Å². The maximum absolute atomic E-state index is 6.70. The molecule has 56 heavy (non-hydrogen) atoms. The predicted molar refractivity (Wildman–Crippen MR) is 231 cm³/mol.